The van der Waals surface area contributed by atoms with Crippen molar-refractivity contribution in [2.45, 2.75) is 39.6 Å². The van der Waals surface area contributed by atoms with Crippen LogP contribution in [0, 0.1) is 6.92 Å². The standard InChI is InChI=1S/C10H14BrF3N2O/c1-3-16-8(9(11)7(2)15-16)6-17-5-4-10(12,13)14/h3-6H2,1-2H3. The van der Waals surface area contributed by atoms with E-state index in [-0.39, 0.29) is 13.2 Å². The molecule has 0 aliphatic rings. The highest BCUT2D eigenvalue weighted by atomic mass is 79.9. The number of ether oxygens (including phenoxy) is 1. The number of aromatic nitrogens is 2. The Morgan fingerprint density at radius 2 is 2.06 bits per heavy atom. The number of hydrogen-bond donors (Lipinski definition) is 0. The fourth-order valence-corrected chi connectivity index (χ4v) is 1.76. The number of nitrogens with zero attached hydrogens (tertiary/aromatic N) is 2. The summed E-state index contributed by atoms with van der Waals surface area (Å²) < 4.78 is 43.2. The van der Waals surface area contributed by atoms with Gasteiger partial charge >= 0.3 is 6.18 Å². The Hall–Kier alpha value is -0.560. The van der Waals surface area contributed by atoms with E-state index < -0.39 is 12.6 Å². The van der Waals surface area contributed by atoms with E-state index in [1.165, 1.54) is 0 Å². The van der Waals surface area contributed by atoms with Crippen molar-refractivity contribution in [3.8, 4) is 0 Å². The van der Waals surface area contributed by atoms with Crippen molar-refractivity contribution >= 4 is 15.9 Å². The number of halogens is 4. The van der Waals surface area contributed by atoms with Crippen LogP contribution in [0.4, 0.5) is 13.2 Å². The molecule has 1 rings (SSSR count). The molecule has 1 aromatic rings. The van der Waals surface area contributed by atoms with Crippen molar-refractivity contribution in [3.63, 3.8) is 0 Å². The fraction of sp³-hybridized carbons (Fsp3) is 0.700. The average Bonchev–Trinajstić information content (AvgIpc) is 2.49. The third-order valence-electron chi connectivity index (χ3n) is 2.22. The molecule has 0 radical (unpaired) electrons. The highest BCUT2D eigenvalue weighted by Crippen LogP contribution is 2.23. The minimum Gasteiger partial charge on any atom is -0.375 e. The van der Waals surface area contributed by atoms with E-state index in [1.807, 2.05) is 13.8 Å². The van der Waals surface area contributed by atoms with Crippen molar-refractivity contribution in [2.24, 2.45) is 0 Å². The van der Waals surface area contributed by atoms with Gasteiger partial charge in [-0.2, -0.15) is 18.3 Å². The van der Waals surface area contributed by atoms with Crippen molar-refractivity contribution in [2.75, 3.05) is 6.61 Å². The minimum absolute atomic E-state index is 0.130. The van der Waals surface area contributed by atoms with Crippen molar-refractivity contribution in [1.82, 2.24) is 9.78 Å². The van der Waals surface area contributed by atoms with Gasteiger partial charge in [0.15, 0.2) is 0 Å². The first-order chi connectivity index (χ1) is 7.85. The molecule has 0 saturated heterocycles. The SMILES string of the molecule is CCn1nc(C)c(Br)c1COCCC(F)(F)F. The predicted octanol–water partition coefficient (Wildman–Crippen LogP) is 3.44. The number of alkyl halides is 3. The number of aryl methyl sites for hydroxylation is 2. The minimum atomic E-state index is -4.17. The second kappa shape index (κ2) is 5.86. The first kappa shape index (κ1) is 14.5. The van der Waals surface area contributed by atoms with Crippen LogP contribution in [0.2, 0.25) is 0 Å². The second-order valence-electron chi connectivity index (χ2n) is 3.58. The quantitative estimate of drug-likeness (QED) is 0.778. The van der Waals surface area contributed by atoms with E-state index in [4.69, 9.17) is 4.74 Å². The first-order valence-electron chi connectivity index (χ1n) is 5.21. The fourth-order valence-electron chi connectivity index (χ4n) is 1.36. The van der Waals surface area contributed by atoms with Gasteiger partial charge in [0.2, 0.25) is 0 Å². The van der Waals surface area contributed by atoms with Crippen LogP contribution >= 0.6 is 15.9 Å². The molecule has 0 aliphatic carbocycles. The van der Waals surface area contributed by atoms with Crippen LogP contribution in [0.1, 0.15) is 24.7 Å². The Morgan fingerprint density at radius 1 is 1.41 bits per heavy atom. The molecular formula is C10H14BrF3N2O. The molecule has 0 aliphatic heterocycles. The topological polar surface area (TPSA) is 27.1 Å². The Bertz CT molecular complexity index is 376. The molecule has 0 N–H and O–H groups in total. The van der Waals surface area contributed by atoms with Gasteiger partial charge in [-0.3, -0.25) is 4.68 Å². The van der Waals surface area contributed by atoms with Gasteiger partial charge in [-0.1, -0.05) is 0 Å². The van der Waals surface area contributed by atoms with Crippen LogP contribution in [0.25, 0.3) is 0 Å². The molecule has 0 aromatic carbocycles. The highest BCUT2D eigenvalue weighted by molar-refractivity contribution is 9.10. The molecule has 0 atom stereocenters. The van der Waals surface area contributed by atoms with E-state index in [0.29, 0.717) is 6.54 Å². The van der Waals surface area contributed by atoms with E-state index in [9.17, 15) is 13.2 Å². The van der Waals surface area contributed by atoms with Crippen molar-refractivity contribution in [1.29, 1.82) is 0 Å². The van der Waals surface area contributed by atoms with Gasteiger partial charge in [-0.25, -0.2) is 0 Å². The lowest BCUT2D eigenvalue weighted by atomic mass is 10.4. The van der Waals surface area contributed by atoms with E-state index >= 15 is 0 Å². The van der Waals surface area contributed by atoms with Gasteiger partial charge in [0, 0.05) is 6.54 Å². The zero-order valence-corrected chi connectivity index (χ0v) is 11.2. The normalized spacial score (nSPS) is 12.1. The van der Waals surface area contributed by atoms with Crippen LogP contribution in [0.5, 0.6) is 0 Å². The summed E-state index contributed by atoms with van der Waals surface area (Å²) in [6, 6.07) is 0. The van der Waals surface area contributed by atoms with Gasteiger partial charge in [-0.15, -0.1) is 0 Å². The third kappa shape index (κ3) is 4.31. The molecule has 1 aromatic heterocycles. The summed E-state index contributed by atoms with van der Waals surface area (Å²) in [6.07, 6.45) is -5.10. The molecule has 3 nitrogen and oxygen atoms in total. The number of rotatable bonds is 5. The summed E-state index contributed by atoms with van der Waals surface area (Å²) in [5, 5.41) is 4.22. The van der Waals surface area contributed by atoms with Crippen LogP contribution in [0.15, 0.2) is 4.47 Å². The van der Waals surface area contributed by atoms with Gasteiger partial charge in [0.25, 0.3) is 0 Å². The maximum atomic E-state index is 11.9. The van der Waals surface area contributed by atoms with E-state index in [2.05, 4.69) is 21.0 Å². The monoisotopic (exact) mass is 314 g/mol. The Labute approximate surface area is 106 Å². The maximum Gasteiger partial charge on any atom is 0.391 e. The highest BCUT2D eigenvalue weighted by Gasteiger charge is 2.26. The van der Waals surface area contributed by atoms with Crippen LogP contribution in [-0.4, -0.2) is 22.6 Å². The lowest BCUT2D eigenvalue weighted by Gasteiger charge is -2.08. The summed E-state index contributed by atoms with van der Waals surface area (Å²) in [5.41, 5.74) is 1.58. The van der Waals surface area contributed by atoms with Crippen molar-refractivity contribution in [3.05, 3.63) is 15.9 Å². The van der Waals surface area contributed by atoms with Crippen molar-refractivity contribution < 1.29 is 17.9 Å². The van der Waals surface area contributed by atoms with Gasteiger partial charge in [-0.05, 0) is 29.8 Å². The molecule has 98 valence electrons. The average molecular weight is 315 g/mol. The number of hydrogen-bond acceptors (Lipinski definition) is 2. The zero-order chi connectivity index (χ0) is 13.1. The predicted molar refractivity (Wildman–Crippen MR) is 60.7 cm³/mol. The van der Waals surface area contributed by atoms with Crippen LogP contribution in [0.3, 0.4) is 0 Å². The Morgan fingerprint density at radius 3 is 2.59 bits per heavy atom. The lowest BCUT2D eigenvalue weighted by molar-refractivity contribution is -0.146. The van der Waals surface area contributed by atoms with Crippen LogP contribution < -0.4 is 0 Å². The first-order valence-corrected chi connectivity index (χ1v) is 6.00. The molecular weight excluding hydrogens is 301 g/mol. The van der Waals surface area contributed by atoms with Gasteiger partial charge in [0.1, 0.15) is 0 Å². The molecule has 0 bridgehead atoms. The van der Waals surface area contributed by atoms with E-state index in [1.54, 1.807) is 4.68 Å². The smallest absolute Gasteiger partial charge is 0.375 e. The largest absolute Gasteiger partial charge is 0.391 e. The summed E-state index contributed by atoms with van der Waals surface area (Å²) in [4.78, 5) is 0. The Balaban J connectivity index is 2.52. The molecule has 0 spiro atoms. The molecule has 1 heterocycles. The summed E-state index contributed by atoms with van der Waals surface area (Å²) >= 11 is 3.35. The lowest BCUT2D eigenvalue weighted by Crippen LogP contribution is -2.12. The summed E-state index contributed by atoms with van der Waals surface area (Å²) in [5.74, 6) is 0. The summed E-state index contributed by atoms with van der Waals surface area (Å²) in [7, 11) is 0. The third-order valence-corrected chi connectivity index (χ3v) is 3.25. The van der Waals surface area contributed by atoms with Crippen LogP contribution in [-0.2, 0) is 17.9 Å². The van der Waals surface area contributed by atoms with Gasteiger partial charge in [0.05, 0.1) is 35.5 Å². The molecule has 0 unspecified atom stereocenters. The molecule has 7 heteroatoms. The molecule has 0 fully saturated rings. The zero-order valence-electron chi connectivity index (χ0n) is 9.64. The Kier molecular flexibility index (Phi) is 5.00. The summed E-state index contributed by atoms with van der Waals surface area (Å²) in [6.45, 7) is 4.20. The molecule has 17 heavy (non-hydrogen) atoms. The molecule has 0 saturated carbocycles. The second-order valence-corrected chi connectivity index (χ2v) is 4.37. The maximum absolute atomic E-state index is 11.9. The van der Waals surface area contributed by atoms with E-state index in [0.717, 1.165) is 15.9 Å². The van der Waals surface area contributed by atoms with Gasteiger partial charge < -0.3 is 4.74 Å². The molecule has 0 amide bonds.